The number of aromatic nitrogens is 1. The Kier molecular flexibility index (Phi) is 5.93. The van der Waals surface area contributed by atoms with Crippen LogP contribution in [0.4, 0.5) is 0 Å². The van der Waals surface area contributed by atoms with E-state index >= 15 is 0 Å². The Hall–Kier alpha value is -1.53. The van der Waals surface area contributed by atoms with Gasteiger partial charge in [-0.1, -0.05) is 24.3 Å². The normalized spacial score (nSPS) is 16.3. The van der Waals surface area contributed by atoms with Crippen molar-refractivity contribution in [3.05, 3.63) is 42.1 Å². The van der Waals surface area contributed by atoms with Gasteiger partial charge in [0.25, 0.3) is 0 Å². The molecule has 1 aromatic heterocycles. The molecule has 0 radical (unpaired) electrons. The Bertz CT molecular complexity index is 614. The molecule has 0 bridgehead atoms. The molecule has 1 aliphatic heterocycles. The second-order valence-corrected chi connectivity index (χ2v) is 5.95. The zero-order valence-electron chi connectivity index (χ0n) is 13.5. The molecular formula is C18H25N3O2. The molecule has 1 saturated heterocycles. The molecule has 5 heteroatoms. The van der Waals surface area contributed by atoms with E-state index in [-0.39, 0.29) is 6.61 Å². The summed E-state index contributed by atoms with van der Waals surface area (Å²) in [6.45, 7) is 7.23. The summed E-state index contributed by atoms with van der Waals surface area (Å²) >= 11 is 0. The van der Waals surface area contributed by atoms with E-state index in [9.17, 15) is 5.11 Å². The fourth-order valence-electron chi connectivity index (χ4n) is 2.94. The molecule has 2 heterocycles. The smallest absolute Gasteiger partial charge is 0.0705 e. The molecule has 0 saturated carbocycles. The van der Waals surface area contributed by atoms with Crippen LogP contribution < -0.4 is 0 Å². The Balaban J connectivity index is 1.60. The lowest BCUT2D eigenvalue weighted by molar-refractivity contribution is 0.0319. The van der Waals surface area contributed by atoms with Crippen molar-refractivity contribution in [3.8, 4) is 0 Å². The number of hydrogen-bond donors (Lipinski definition) is 1. The maximum Gasteiger partial charge on any atom is 0.0705 e. The minimum Gasteiger partial charge on any atom is -0.395 e. The van der Waals surface area contributed by atoms with Gasteiger partial charge in [-0.15, -0.1) is 0 Å². The summed E-state index contributed by atoms with van der Waals surface area (Å²) < 4.78 is 5.39. The summed E-state index contributed by atoms with van der Waals surface area (Å²) in [5.74, 6) is 0. The Morgan fingerprint density at radius 2 is 1.91 bits per heavy atom. The number of hydrogen-bond acceptors (Lipinski definition) is 5. The van der Waals surface area contributed by atoms with E-state index in [1.54, 1.807) is 0 Å². The van der Waals surface area contributed by atoms with Crippen molar-refractivity contribution in [1.82, 2.24) is 14.8 Å². The van der Waals surface area contributed by atoms with Crippen molar-refractivity contribution < 1.29 is 9.84 Å². The topological polar surface area (TPSA) is 48.8 Å². The van der Waals surface area contributed by atoms with E-state index in [2.05, 4.69) is 28.0 Å². The van der Waals surface area contributed by atoms with E-state index < -0.39 is 0 Å². The van der Waals surface area contributed by atoms with Crippen LogP contribution in [-0.4, -0.2) is 72.4 Å². The summed E-state index contributed by atoms with van der Waals surface area (Å²) in [5, 5.41) is 10.5. The van der Waals surface area contributed by atoms with E-state index in [1.165, 1.54) is 5.39 Å². The van der Waals surface area contributed by atoms with Gasteiger partial charge in [-0.25, -0.2) is 0 Å². The van der Waals surface area contributed by atoms with E-state index in [0.29, 0.717) is 6.54 Å². The van der Waals surface area contributed by atoms with Crippen LogP contribution in [0.25, 0.3) is 10.9 Å². The number of ether oxygens (including phenoxy) is 1. The Morgan fingerprint density at radius 3 is 2.74 bits per heavy atom. The minimum absolute atomic E-state index is 0.177. The highest BCUT2D eigenvalue weighted by Gasteiger charge is 2.13. The molecule has 1 N–H and O–H groups in total. The van der Waals surface area contributed by atoms with Crippen LogP contribution in [0.2, 0.25) is 0 Å². The van der Waals surface area contributed by atoms with Gasteiger partial charge >= 0.3 is 0 Å². The Morgan fingerprint density at radius 1 is 1.09 bits per heavy atom. The van der Waals surface area contributed by atoms with Crippen LogP contribution in [0.1, 0.15) is 5.69 Å². The Labute approximate surface area is 137 Å². The van der Waals surface area contributed by atoms with Crippen LogP contribution in [0.15, 0.2) is 36.4 Å². The van der Waals surface area contributed by atoms with Crippen LogP contribution in [0.5, 0.6) is 0 Å². The average Bonchev–Trinajstić information content (AvgIpc) is 2.61. The molecule has 0 aliphatic carbocycles. The highest BCUT2D eigenvalue weighted by Crippen LogP contribution is 2.13. The summed E-state index contributed by atoms with van der Waals surface area (Å²) in [4.78, 5) is 9.42. The first-order valence-corrected chi connectivity index (χ1v) is 8.33. The maximum atomic E-state index is 9.33. The molecule has 1 aromatic carbocycles. The lowest BCUT2D eigenvalue weighted by Gasteiger charge is -2.29. The predicted octanol–water partition coefficient (Wildman–Crippen LogP) is 1.36. The van der Waals surface area contributed by atoms with Gasteiger partial charge in [0, 0.05) is 44.7 Å². The highest BCUT2D eigenvalue weighted by atomic mass is 16.5. The number of aliphatic hydroxyl groups excluding tert-OH is 1. The van der Waals surface area contributed by atoms with Crippen molar-refractivity contribution in [2.24, 2.45) is 0 Å². The second-order valence-electron chi connectivity index (χ2n) is 5.95. The number of aliphatic hydroxyl groups is 1. The monoisotopic (exact) mass is 315 g/mol. The van der Waals surface area contributed by atoms with Gasteiger partial charge in [0.2, 0.25) is 0 Å². The number of para-hydroxylation sites is 1. The lowest BCUT2D eigenvalue weighted by atomic mass is 10.2. The largest absolute Gasteiger partial charge is 0.395 e. The molecular weight excluding hydrogens is 290 g/mol. The molecule has 23 heavy (non-hydrogen) atoms. The molecule has 0 spiro atoms. The number of rotatable bonds is 7. The summed E-state index contributed by atoms with van der Waals surface area (Å²) in [6.07, 6.45) is 0. The number of benzene rings is 1. The quantitative estimate of drug-likeness (QED) is 0.836. The standard InChI is InChI=1S/C18H25N3O2/c22-12-9-21(8-7-20-10-13-23-14-11-20)15-17-6-5-16-3-1-2-4-18(16)19-17/h1-6,22H,7-15H2. The molecule has 1 fully saturated rings. The number of morpholine rings is 1. The third kappa shape index (κ3) is 4.72. The van der Waals surface area contributed by atoms with E-state index in [0.717, 1.165) is 57.1 Å². The van der Waals surface area contributed by atoms with Crippen LogP contribution in [0, 0.1) is 0 Å². The molecule has 3 rings (SSSR count). The molecule has 0 atom stereocenters. The van der Waals surface area contributed by atoms with Gasteiger partial charge in [-0.05, 0) is 12.1 Å². The van der Waals surface area contributed by atoms with Gasteiger partial charge < -0.3 is 9.84 Å². The molecule has 124 valence electrons. The zero-order chi connectivity index (χ0) is 15.9. The SMILES string of the molecule is OCCN(CCN1CCOCC1)Cc1ccc2ccccc2n1. The van der Waals surface area contributed by atoms with Crippen LogP contribution in [-0.2, 0) is 11.3 Å². The first-order chi connectivity index (χ1) is 11.3. The first kappa shape index (κ1) is 16.3. The summed E-state index contributed by atoms with van der Waals surface area (Å²) in [7, 11) is 0. The van der Waals surface area contributed by atoms with Crippen LogP contribution >= 0.6 is 0 Å². The van der Waals surface area contributed by atoms with Gasteiger partial charge in [0.15, 0.2) is 0 Å². The van der Waals surface area contributed by atoms with Gasteiger partial charge in [0.05, 0.1) is 31.0 Å². The van der Waals surface area contributed by atoms with E-state index in [1.807, 2.05) is 18.2 Å². The zero-order valence-corrected chi connectivity index (χ0v) is 13.5. The summed E-state index contributed by atoms with van der Waals surface area (Å²) in [5.41, 5.74) is 2.08. The molecule has 2 aromatic rings. The fourth-order valence-corrected chi connectivity index (χ4v) is 2.94. The first-order valence-electron chi connectivity index (χ1n) is 8.33. The van der Waals surface area contributed by atoms with Crippen molar-refractivity contribution in [3.63, 3.8) is 0 Å². The van der Waals surface area contributed by atoms with Gasteiger partial charge in [0.1, 0.15) is 0 Å². The van der Waals surface area contributed by atoms with Crippen molar-refractivity contribution in [2.75, 3.05) is 52.5 Å². The van der Waals surface area contributed by atoms with Crippen molar-refractivity contribution in [1.29, 1.82) is 0 Å². The van der Waals surface area contributed by atoms with Crippen LogP contribution in [0.3, 0.4) is 0 Å². The number of pyridine rings is 1. The molecule has 0 amide bonds. The van der Waals surface area contributed by atoms with Gasteiger partial charge in [-0.3, -0.25) is 14.8 Å². The average molecular weight is 315 g/mol. The lowest BCUT2D eigenvalue weighted by Crippen LogP contribution is -2.42. The predicted molar refractivity (Wildman–Crippen MR) is 91.4 cm³/mol. The number of nitrogens with zero attached hydrogens (tertiary/aromatic N) is 3. The number of fused-ring (bicyclic) bond motifs is 1. The molecule has 5 nitrogen and oxygen atoms in total. The maximum absolute atomic E-state index is 9.33. The summed E-state index contributed by atoms with van der Waals surface area (Å²) in [6, 6.07) is 12.4. The third-order valence-electron chi connectivity index (χ3n) is 4.29. The van der Waals surface area contributed by atoms with E-state index in [4.69, 9.17) is 9.72 Å². The van der Waals surface area contributed by atoms with Crippen molar-refractivity contribution >= 4 is 10.9 Å². The van der Waals surface area contributed by atoms with Crippen molar-refractivity contribution in [2.45, 2.75) is 6.54 Å². The fraction of sp³-hybridized carbons (Fsp3) is 0.500. The highest BCUT2D eigenvalue weighted by molar-refractivity contribution is 5.78. The van der Waals surface area contributed by atoms with Gasteiger partial charge in [-0.2, -0.15) is 0 Å². The molecule has 0 unspecified atom stereocenters. The third-order valence-corrected chi connectivity index (χ3v) is 4.29. The molecule has 1 aliphatic rings. The second kappa shape index (κ2) is 8.36. The minimum atomic E-state index is 0.177.